The van der Waals surface area contributed by atoms with Crippen LogP contribution >= 0.6 is 11.3 Å². The van der Waals surface area contributed by atoms with E-state index in [-0.39, 0.29) is 18.6 Å². The summed E-state index contributed by atoms with van der Waals surface area (Å²) < 4.78 is 11.5. The van der Waals surface area contributed by atoms with E-state index in [0.717, 1.165) is 20.8 Å². The number of likely N-dealkylation sites (N-methyl/N-ethyl adjacent to an activating group) is 1. The molecule has 6 nitrogen and oxygen atoms in total. The van der Waals surface area contributed by atoms with Crippen molar-refractivity contribution in [2.24, 2.45) is 0 Å². The van der Waals surface area contributed by atoms with Gasteiger partial charge in [0.25, 0.3) is 5.91 Å². The number of thiazole rings is 1. The fourth-order valence-electron chi connectivity index (χ4n) is 2.74. The number of esters is 1. The topological polar surface area (TPSA) is 68.7 Å². The Bertz CT molecular complexity index is 982. The largest absolute Gasteiger partial charge is 0.496 e. The lowest BCUT2D eigenvalue weighted by Gasteiger charge is -2.23. The summed E-state index contributed by atoms with van der Waals surface area (Å²) >= 11 is 1.55. The molecule has 28 heavy (non-hydrogen) atoms. The number of methoxy groups -OCH3 is 1. The van der Waals surface area contributed by atoms with Crippen LogP contribution in [0, 0.1) is 6.92 Å². The molecule has 1 aromatic heterocycles. The van der Waals surface area contributed by atoms with Crippen LogP contribution in [0.1, 0.15) is 33.9 Å². The highest BCUT2D eigenvalue weighted by Gasteiger charge is 2.23. The minimum Gasteiger partial charge on any atom is -0.496 e. The van der Waals surface area contributed by atoms with E-state index in [1.54, 1.807) is 35.4 Å². The Balaban J connectivity index is 1.65. The van der Waals surface area contributed by atoms with E-state index in [4.69, 9.17) is 9.47 Å². The molecule has 0 aliphatic rings. The van der Waals surface area contributed by atoms with Crippen LogP contribution < -0.4 is 4.74 Å². The summed E-state index contributed by atoms with van der Waals surface area (Å²) in [5.74, 6) is -0.471. The van der Waals surface area contributed by atoms with Crippen molar-refractivity contribution in [3.05, 3.63) is 58.6 Å². The van der Waals surface area contributed by atoms with Crippen molar-refractivity contribution in [2.45, 2.75) is 19.9 Å². The summed E-state index contributed by atoms with van der Waals surface area (Å²) in [6.07, 6.45) is 0. The number of aromatic nitrogens is 1. The Morgan fingerprint density at radius 1 is 1.21 bits per heavy atom. The van der Waals surface area contributed by atoms with Gasteiger partial charge in [-0.25, -0.2) is 9.78 Å². The number of carbonyl (C=O) groups is 2. The fraction of sp³-hybridized carbons (Fsp3) is 0.286. The molecule has 0 radical (unpaired) electrons. The van der Waals surface area contributed by atoms with Crippen LogP contribution in [-0.4, -0.2) is 42.5 Å². The quantitative estimate of drug-likeness (QED) is 0.587. The van der Waals surface area contributed by atoms with Gasteiger partial charge in [0, 0.05) is 7.05 Å². The number of hydrogen-bond donors (Lipinski definition) is 0. The molecule has 146 valence electrons. The third kappa shape index (κ3) is 4.14. The van der Waals surface area contributed by atoms with Gasteiger partial charge in [-0.15, -0.1) is 11.3 Å². The van der Waals surface area contributed by atoms with Gasteiger partial charge in [-0.05, 0) is 38.1 Å². The molecule has 0 aliphatic heterocycles. The first-order valence-electron chi connectivity index (χ1n) is 8.83. The molecule has 0 unspecified atom stereocenters. The van der Waals surface area contributed by atoms with E-state index in [9.17, 15) is 9.59 Å². The molecule has 3 aromatic rings. The molecule has 0 spiro atoms. The average Bonchev–Trinajstić information content (AvgIpc) is 3.14. The third-order valence-electron chi connectivity index (χ3n) is 4.54. The predicted octanol–water partition coefficient (Wildman–Crippen LogP) is 3.99. The molecule has 1 heterocycles. The number of benzene rings is 2. The number of para-hydroxylation sites is 1. The first-order chi connectivity index (χ1) is 13.4. The van der Waals surface area contributed by atoms with Crippen molar-refractivity contribution in [1.82, 2.24) is 9.88 Å². The summed E-state index contributed by atoms with van der Waals surface area (Å²) in [4.78, 5) is 31.0. The number of fused-ring (bicyclic) bond motifs is 1. The molecule has 0 N–H and O–H groups in total. The van der Waals surface area contributed by atoms with E-state index < -0.39 is 5.97 Å². The van der Waals surface area contributed by atoms with Crippen LogP contribution in [0.15, 0.2) is 42.5 Å². The molecular formula is C21H22N2O4S. The van der Waals surface area contributed by atoms with Crippen LogP contribution in [0.5, 0.6) is 5.75 Å². The first kappa shape index (κ1) is 19.8. The second kappa shape index (κ2) is 8.39. The smallest absolute Gasteiger partial charge is 0.342 e. The standard InChI is InChI=1S/C21H22N2O4S/c1-13-9-10-17(26-4)15(11-13)21(25)27-12-19(24)23(3)14(2)20-22-16-7-5-6-8-18(16)28-20/h5-11,14H,12H2,1-4H3/t14-/m0/s1. The van der Waals surface area contributed by atoms with Gasteiger partial charge in [-0.1, -0.05) is 23.8 Å². The number of amides is 1. The Kier molecular flexibility index (Phi) is 5.94. The number of carbonyl (C=O) groups excluding carboxylic acids is 2. The van der Waals surface area contributed by atoms with Gasteiger partial charge in [0.2, 0.25) is 0 Å². The second-order valence-electron chi connectivity index (χ2n) is 6.48. The Morgan fingerprint density at radius 2 is 1.96 bits per heavy atom. The first-order valence-corrected chi connectivity index (χ1v) is 9.65. The van der Waals surface area contributed by atoms with E-state index in [1.165, 1.54) is 7.11 Å². The van der Waals surface area contributed by atoms with Crippen LogP contribution in [-0.2, 0) is 9.53 Å². The van der Waals surface area contributed by atoms with Crippen molar-refractivity contribution in [1.29, 1.82) is 0 Å². The molecule has 0 fully saturated rings. The summed E-state index contributed by atoms with van der Waals surface area (Å²) in [6.45, 7) is 3.43. The van der Waals surface area contributed by atoms with Gasteiger partial charge in [0.1, 0.15) is 16.3 Å². The lowest BCUT2D eigenvalue weighted by atomic mass is 10.1. The van der Waals surface area contributed by atoms with Gasteiger partial charge < -0.3 is 14.4 Å². The predicted molar refractivity (Wildman–Crippen MR) is 109 cm³/mol. The molecule has 0 bridgehead atoms. The maximum absolute atomic E-state index is 12.5. The molecule has 3 rings (SSSR count). The Morgan fingerprint density at radius 3 is 2.68 bits per heavy atom. The highest BCUT2D eigenvalue weighted by Crippen LogP contribution is 2.29. The molecule has 0 saturated heterocycles. The van der Waals surface area contributed by atoms with Crippen molar-refractivity contribution >= 4 is 33.4 Å². The summed E-state index contributed by atoms with van der Waals surface area (Å²) in [6, 6.07) is 12.8. The highest BCUT2D eigenvalue weighted by molar-refractivity contribution is 7.18. The normalized spacial score (nSPS) is 11.9. The SMILES string of the molecule is COc1ccc(C)cc1C(=O)OCC(=O)N(C)[C@@H](C)c1nc2ccccc2s1. The van der Waals surface area contributed by atoms with Crippen molar-refractivity contribution in [3.63, 3.8) is 0 Å². The van der Waals surface area contributed by atoms with Gasteiger partial charge in [0.15, 0.2) is 6.61 Å². The summed E-state index contributed by atoms with van der Waals surface area (Å²) in [5.41, 5.74) is 2.12. The maximum atomic E-state index is 12.5. The number of aryl methyl sites for hydroxylation is 1. The van der Waals surface area contributed by atoms with Crippen molar-refractivity contribution in [3.8, 4) is 5.75 Å². The molecule has 1 atom stereocenters. The van der Waals surface area contributed by atoms with Crippen LogP contribution in [0.4, 0.5) is 0 Å². The zero-order chi connectivity index (χ0) is 20.3. The van der Waals surface area contributed by atoms with E-state index in [0.29, 0.717) is 11.3 Å². The van der Waals surface area contributed by atoms with Crippen LogP contribution in [0.2, 0.25) is 0 Å². The number of ether oxygens (including phenoxy) is 2. The van der Waals surface area contributed by atoms with Crippen molar-refractivity contribution < 1.29 is 19.1 Å². The minimum absolute atomic E-state index is 0.225. The van der Waals surface area contributed by atoms with Crippen LogP contribution in [0.3, 0.4) is 0 Å². The maximum Gasteiger partial charge on any atom is 0.342 e. The van der Waals surface area contributed by atoms with Gasteiger partial charge in [-0.3, -0.25) is 4.79 Å². The molecule has 0 saturated carbocycles. The summed E-state index contributed by atoms with van der Waals surface area (Å²) in [7, 11) is 3.17. The zero-order valence-corrected chi connectivity index (χ0v) is 17.1. The Hall–Kier alpha value is -2.93. The summed E-state index contributed by atoms with van der Waals surface area (Å²) in [5, 5.41) is 0.837. The molecule has 0 aliphatic carbocycles. The minimum atomic E-state index is -0.588. The molecule has 2 aromatic carbocycles. The molecule has 1 amide bonds. The van der Waals surface area contributed by atoms with Gasteiger partial charge >= 0.3 is 5.97 Å². The van der Waals surface area contributed by atoms with Gasteiger partial charge in [-0.2, -0.15) is 0 Å². The second-order valence-corrected chi connectivity index (χ2v) is 7.54. The number of hydrogen-bond acceptors (Lipinski definition) is 6. The van der Waals surface area contributed by atoms with E-state index in [1.807, 2.05) is 44.2 Å². The molecule has 7 heteroatoms. The number of rotatable bonds is 6. The average molecular weight is 398 g/mol. The van der Waals surface area contributed by atoms with E-state index >= 15 is 0 Å². The van der Waals surface area contributed by atoms with E-state index in [2.05, 4.69) is 4.98 Å². The van der Waals surface area contributed by atoms with Crippen LogP contribution in [0.25, 0.3) is 10.2 Å². The monoisotopic (exact) mass is 398 g/mol. The number of nitrogens with zero attached hydrogens (tertiary/aromatic N) is 2. The van der Waals surface area contributed by atoms with Crippen molar-refractivity contribution in [2.75, 3.05) is 20.8 Å². The third-order valence-corrected chi connectivity index (χ3v) is 5.75. The fourth-order valence-corrected chi connectivity index (χ4v) is 3.80. The Labute approximate surface area is 167 Å². The molecular weight excluding hydrogens is 376 g/mol. The zero-order valence-electron chi connectivity index (χ0n) is 16.3. The highest BCUT2D eigenvalue weighted by atomic mass is 32.1. The lowest BCUT2D eigenvalue weighted by Crippen LogP contribution is -2.33. The lowest BCUT2D eigenvalue weighted by molar-refractivity contribution is -0.135. The van der Waals surface area contributed by atoms with Gasteiger partial charge in [0.05, 0.1) is 23.4 Å².